The summed E-state index contributed by atoms with van der Waals surface area (Å²) in [5, 5.41) is 0.0464. The second-order valence-corrected chi connectivity index (χ2v) is 7.59. The normalized spacial score (nSPS) is 15.6. The molecule has 29 heavy (non-hydrogen) atoms. The monoisotopic (exact) mass is 431 g/mol. The van der Waals surface area contributed by atoms with E-state index in [1.807, 2.05) is 0 Å². The second-order valence-electron chi connectivity index (χ2n) is 6.19. The summed E-state index contributed by atoms with van der Waals surface area (Å²) < 4.78 is 32.5. The quantitative estimate of drug-likeness (QED) is 0.467. The molecule has 0 atom stereocenters. The lowest BCUT2D eigenvalue weighted by Gasteiger charge is -2.13. The maximum Gasteiger partial charge on any atom is 0.293 e. The van der Waals surface area contributed by atoms with Crippen LogP contribution in [0.5, 0.6) is 0 Å². The zero-order valence-electron chi connectivity index (χ0n) is 14.7. The van der Waals surface area contributed by atoms with Gasteiger partial charge in [0.15, 0.2) is 0 Å². The number of nitrogens with zero attached hydrogens (tertiary/aromatic N) is 1. The average Bonchev–Trinajstić information content (AvgIpc) is 3.24. The maximum atomic E-state index is 13.9. The van der Waals surface area contributed by atoms with Crippen molar-refractivity contribution < 1.29 is 22.8 Å². The minimum atomic E-state index is -0.758. The summed E-state index contributed by atoms with van der Waals surface area (Å²) in [5.41, 5.74) is 0.752. The van der Waals surface area contributed by atoms with Crippen molar-refractivity contribution in [3.05, 3.63) is 87.5 Å². The van der Waals surface area contributed by atoms with E-state index in [1.54, 1.807) is 30.3 Å². The number of hydrogen-bond donors (Lipinski definition) is 0. The van der Waals surface area contributed by atoms with Gasteiger partial charge in [-0.25, -0.2) is 8.78 Å². The van der Waals surface area contributed by atoms with Gasteiger partial charge in [-0.05, 0) is 47.7 Å². The molecule has 4 rings (SSSR count). The van der Waals surface area contributed by atoms with Crippen LogP contribution < -0.4 is 0 Å². The van der Waals surface area contributed by atoms with Gasteiger partial charge in [-0.1, -0.05) is 29.8 Å². The lowest BCUT2D eigenvalue weighted by Crippen LogP contribution is -2.27. The Bertz CT molecular complexity index is 1160. The van der Waals surface area contributed by atoms with E-state index in [4.69, 9.17) is 16.0 Å². The summed E-state index contributed by atoms with van der Waals surface area (Å²) in [5.74, 6) is -1.46. The molecule has 1 saturated heterocycles. The van der Waals surface area contributed by atoms with E-state index in [0.717, 1.165) is 28.8 Å². The topological polar surface area (TPSA) is 50.5 Å². The van der Waals surface area contributed by atoms with Gasteiger partial charge in [0, 0.05) is 17.2 Å². The van der Waals surface area contributed by atoms with E-state index in [9.17, 15) is 18.4 Å². The van der Waals surface area contributed by atoms with Crippen LogP contribution >= 0.6 is 23.4 Å². The fourth-order valence-electron chi connectivity index (χ4n) is 2.83. The van der Waals surface area contributed by atoms with Crippen LogP contribution in [0.15, 0.2) is 63.9 Å². The van der Waals surface area contributed by atoms with E-state index in [1.165, 1.54) is 18.2 Å². The molecule has 146 valence electrons. The number of carbonyl (C=O) groups is 2. The fourth-order valence-corrected chi connectivity index (χ4v) is 3.84. The molecule has 8 heteroatoms. The Morgan fingerprint density at radius 3 is 2.62 bits per heavy atom. The highest BCUT2D eigenvalue weighted by molar-refractivity contribution is 8.18. The van der Waals surface area contributed by atoms with Crippen molar-refractivity contribution in [1.29, 1.82) is 0 Å². The summed E-state index contributed by atoms with van der Waals surface area (Å²) in [7, 11) is 0. The smallest absolute Gasteiger partial charge is 0.293 e. The van der Waals surface area contributed by atoms with Crippen molar-refractivity contribution in [1.82, 2.24) is 4.90 Å². The first-order valence-electron chi connectivity index (χ1n) is 8.46. The standard InChI is InChI=1S/C21H12ClF2NO3S/c22-16-4-2-1-3-12(16)11-25-20(26)19(29-21(25)27)10-14-6-8-18(28-14)15-7-5-13(23)9-17(15)24/h1-10H,11H2/b19-10+. The van der Waals surface area contributed by atoms with Crippen LogP contribution in [-0.4, -0.2) is 16.0 Å². The van der Waals surface area contributed by atoms with Gasteiger partial charge in [-0.3, -0.25) is 14.5 Å². The number of furan rings is 1. The molecule has 0 saturated carbocycles. The van der Waals surface area contributed by atoms with E-state index in [-0.39, 0.29) is 28.5 Å². The van der Waals surface area contributed by atoms with E-state index in [0.29, 0.717) is 10.6 Å². The van der Waals surface area contributed by atoms with Gasteiger partial charge in [0.25, 0.3) is 11.1 Å². The number of halogens is 3. The SMILES string of the molecule is O=C1S/C(=C/c2ccc(-c3ccc(F)cc3F)o2)C(=O)N1Cc1ccccc1Cl. The largest absolute Gasteiger partial charge is 0.457 e. The molecular weight excluding hydrogens is 420 g/mol. The van der Waals surface area contributed by atoms with Crippen LogP contribution in [0.2, 0.25) is 5.02 Å². The molecule has 0 aliphatic carbocycles. The van der Waals surface area contributed by atoms with Crippen molar-refractivity contribution in [2.75, 3.05) is 0 Å². The number of hydrogen-bond acceptors (Lipinski definition) is 4. The third-order valence-electron chi connectivity index (χ3n) is 4.26. The number of thioether (sulfide) groups is 1. The summed E-state index contributed by atoms with van der Waals surface area (Å²) >= 11 is 6.89. The number of benzene rings is 2. The molecule has 2 aromatic carbocycles. The zero-order valence-corrected chi connectivity index (χ0v) is 16.3. The summed E-state index contributed by atoms with van der Waals surface area (Å²) in [4.78, 5) is 26.2. The lowest BCUT2D eigenvalue weighted by atomic mass is 10.1. The molecule has 2 heterocycles. The van der Waals surface area contributed by atoms with E-state index >= 15 is 0 Å². The Morgan fingerprint density at radius 2 is 1.86 bits per heavy atom. The van der Waals surface area contributed by atoms with Crippen LogP contribution in [0.3, 0.4) is 0 Å². The van der Waals surface area contributed by atoms with Crippen molar-refractivity contribution in [2.24, 2.45) is 0 Å². The van der Waals surface area contributed by atoms with Crippen LogP contribution in [0.4, 0.5) is 13.6 Å². The summed E-state index contributed by atoms with van der Waals surface area (Å²) in [6.07, 6.45) is 1.42. The van der Waals surface area contributed by atoms with Crippen LogP contribution in [-0.2, 0) is 11.3 Å². The first kappa shape index (κ1) is 19.4. The third-order valence-corrected chi connectivity index (χ3v) is 5.53. The highest BCUT2D eigenvalue weighted by Crippen LogP contribution is 2.35. The van der Waals surface area contributed by atoms with Crippen molar-refractivity contribution >= 4 is 40.6 Å². The fraction of sp³-hybridized carbons (Fsp3) is 0.0476. The van der Waals surface area contributed by atoms with Gasteiger partial charge in [-0.15, -0.1) is 0 Å². The number of imide groups is 1. The van der Waals surface area contributed by atoms with Gasteiger partial charge in [-0.2, -0.15) is 0 Å². The molecule has 0 radical (unpaired) electrons. The van der Waals surface area contributed by atoms with Crippen LogP contribution in [0.1, 0.15) is 11.3 Å². The third kappa shape index (κ3) is 3.97. The van der Waals surface area contributed by atoms with Crippen LogP contribution in [0.25, 0.3) is 17.4 Å². The van der Waals surface area contributed by atoms with Gasteiger partial charge < -0.3 is 4.42 Å². The molecule has 1 aromatic heterocycles. The Kier molecular flexibility index (Phi) is 5.25. The highest BCUT2D eigenvalue weighted by Gasteiger charge is 2.35. The number of carbonyl (C=O) groups excluding carboxylic acids is 2. The molecule has 1 aliphatic heterocycles. The minimum Gasteiger partial charge on any atom is -0.457 e. The molecule has 4 nitrogen and oxygen atoms in total. The molecule has 1 fully saturated rings. The van der Waals surface area contributed by atoms with E-state index in [2.05, 4.69) is 0 Å². The number of rotatable bonds is 4. The number of amides is 2. The van der Waals surface area contributed by atoms with Crippen LogP contribution in [0, 0.1) is 11.6 Å². The average molecular weight is 432 g/mol. The second kappa shape index (κ2) is 7.85. The van der Waals surface area contributed by atoms with Gasteiger partial charge in [0.05, 0.1) is 17.0 Å². The predicted molar refractivity (Wildman–Crippen MR) is 107 cm³/mol. The van der Waals surface area contributed by atoms with Crippen molar-refractivity contribution in [2.45, 2.75) is 6.54 Å². The first-order valence-corrected chi connectivity index (χ1v) is 9.66. The maximum absolute atomic E-state index is 13.9. The predicted octanol–water partition coefficient (Wildman–Crippen LogP) is 6.11. The molecule has 1 aliphatic rings. The van der Waals surface area contributed by atoms with Crippen molar-refractivity contribution in [3.63, 3.8) is 0 Å². The Hall–Kier alpha value is -2.90. The molecule has 3 aromatic rings. The minimum absolute atomic E-state index is 0.0614. The van der Waals surface area contributed by atoms with Gasteiger partial charge in [0.1, 0.15) is 23.2 Å². The van der Waals surface area contributed by atoms with Gasteiger partial charge >= 0.3 is 0 Å². The molecule has 0 spiro atoms. The Balaban J connectivity index is 1.56. The lowest BCUT2D eigenvalue weighted by molar-refractivity contribution is -0.123. The summed E-state index contributed by atoms with van der Waals surface area (Å²) in [6.45, 7) is 0.0614. The van der Waals surface area contributed by atoms with E-state index < -0.39 is 22.8 Å². The molecule has 0 N–H and O–H groups in total. The zero-order chi connectivity index (χ0) is 20.5. The summed E-state index contributed by atoms with van der Waals surface area (Å²) in [6, 6.07) is 13.2. The Morgan fingerprint density at radius 1 is 1.07 bits per heavy atom. The highest BCUT2D eigenvalue weighted by atomic mass is 35.5. The Labute approximate surface area is 173 Å². The van der Waals surface area contributed by atoms with Crippen molar-refractivity contribution in [3.8, 4) is 11.3 Å². The molecule has 0 unspecified atom stereocenters. The molecular formula is C21H12ClF2NO3S. The van der Waals surface area contributed by atoms with Gasteiger partial charge in [0.2, 0.25) is 0 Å². The molecule has 0 bridgehead atoms. The first-order chi connectivity index (χ1) is 13.9. The molecule has 2 amide bonds.